The van der Waals surface area contributed by atoms with Crippen LogP contribution in [0.4, 0.5) is 11.4 Å². The molecular weight excluding hydrogens is 374 g/mol. The molecule has 1 unspecified atom stereocenters. The molecule has 0 aliphatic heterocycles. The van der Waals surface area contributed by atoms with Crippen molar-refractivity contribution in [1.29, 1.82) is 0 Å². The summed E-state index contributed by atoms with van der Waals surface area (Å²) in [6.07, 6.45) is -0.873. The van der Waals surface area contributed by atoms with Gasteiger partial charge in [-0.05, 0) is 25.2 Å². The monoisotopic (exact) mass is 393 g/mol. The van der Waals surface area contributed by atoms with Crippen LogP contribution in [0.2, 0.25) is 5.02 Å². The van der Waals surface area contributed by atoms with Crippen molar-refractivity contribution in [2.75, 3.05) is 32.1 Å². The molecular formula is C18H20ClN3O5. The van der Waals surface area contributed by atoms with E-state index in [0.29, 0.717) is 16.5 Å². The van der Waals surface area contributed by atoms with Gasteiger partial charge < -0.3 is 15.2 Å². The normalized spacial score (nSPS) is 11.9. The lowest BCUT2D eigenvalue weighted by Gasteiger charge is -2.20. The second-order valence-corrected chi connectivity index (χ2v) is 6.35. The number of amides is 1. The molecule has 1 amide bonds. The van der Waals surface area contributed by atoms with E-state index in [1.165, 1.54) is 18.2 Å². The van der Waals surface area contributed by atoms with E-state index in [1.54, 1.807) is 42.3 Å². The van der Waals surface area contributed by atoms with Crippen LogP contribution in [-0.4, -0.2) is 53.7 Å². The summed E-state index contributed by atoms with van der Waals surface area (Å²) in [6.45, 7) is 0.182. The summed E-state index contributed by atoms with van der Waals surface area (Å²) in [5.74, 6) is 0.0276. The molecule has 27 heavy (non-hydrogen) atoms. The molecule has 0 aromatic heterocycles. The van der Waals surface area contributed by atoms with E-state index in [1.807, 2.05) is 0 Å². The van der Waals surface area contributed by atoms with Crippen molar-refractivity contribution in [2.45, 2.75) is 6.10 Å². The topological polar surface area (TPSA) is 105 Å². The maximum Gasteiger partial charge on any atom is 0.273 e. The van der Waals surface area contributed by atoms with Crippen molar-refractivity contribution in [3.05, 3.63) is 63.7 Å². The molecule has 144 valence electrons. The number of hydrogen-bond donors (Lipinski definition) is 2. The summed E-state index contributed by atoms with van der Waals surface area (Å²) in [5, 5.41) is 23.9. The minimum absolute atomic E-state index is 0.0547. The van der Waals surface area contributed by atoms with Crippen LogP contribution in [0, 0.1) is 10.1 Å². The zero-order chi connectivity index (χ0) is 19.8. The number of nitrogens with one attached hydrogen (secondary N) is 1. The largest absolute Gasteiger partial charge is 0.491 e. The molecule has 2 N–H and O–H groups in total. The summed E-state index contributed by atoms with van der Waals surface area (Å²) >= 11 is 5.99. The van der Waals surface area contributed by atoms with Crippen LogP contribution in [0.1, 0.15) is 0 Å². The predicted octanol–water partition coefficient (Wildman–Crippen LogP) is 2.56. The Morgan fingerprint density at radius 2 is 2.07 bits per heavy atom. The Morgan fingerprint density at radius 1 is 1.33 bits per heavy atom. The fourth-order valence-corrected chi connectivity index (χ4v) is 2.54. The maximum absolute atomic E-state index is 12.0. The molecule has 0 radical (unpaired) electrons. The number of likely N-dealkylation sites (N-methyl/N-ethyl adjacent to an activating group) is 1. The third-order valence-electron chi connectivity index (χ3n) is 3.55. The average Bonchev–Trinajstić information content (AvgIpc) is 2.62. The van der Waals surface area contributed by atoms with Gasteiger partial charge in [0, 0.05) is 12.6 Å². The minimum Gasteiger partial charge on any atom is -0.491 e. The van der Waals surface area contributed by atoms with Crippen LogP contribution in [0.15, 0.2) is 48.5 Å². The molecule has 0 spiro atoms. The molecule has 2 aromatic rings. The van der Waals surface area contributed by atoms with Gasteiger partial charge in [0.2, 0.25) is 5.91 Å². The summed E-state index contributed by atoms with van der Waals surface area (Å²) in [7, 11) is 1.68. The number of non-ortho nitro benzene ring substituents is 1. The third-order valence-corrected chi connectivity index (χ3v) is 3.88. The standard InChI is InChI=1S/C18H20ClN3O5/c1-21(11-18(24)20-17-8-3-2-7-16(17)19)10-14(23)12-27-15-6-4-5-13(9-15)22(25)26/h2-9,14,23H,10-12H2,1H3,(H,20,24). The second kappa shape index (κ2) is 9.86. The van der Waals surface area contributed by atoms with E-state index in [2.05, 4.69) is 5.32 Å². The highest BCUT2D eigenvalue weighted by Crippen LogP contribution is 2.20. The fraction of sp³-hybridized carbons (Fsp3) is 0.278. The number of ether oxygens (including phenoxy) is 1. The first kappa shape index (κ1) is 20.6. The zero-order valence-corrected chi connectivity index (χ0v) is 15.4. The Labute approximate surface area is 161 Å². The number of aliphatic hydroxyl groups is 1. The molecule has 0 fully saturated rings. The number of halogens is 1. The lowest BCUT2D eigenvalue weighted by molar-refractivity contribution is -0.384. The highest BCUT2D eigenvalue weighted by molar-refractivity contribution is 6.33. The van der Waals surface area contributed by atoms with E-state index in [4.69, 9.17) is 16.3 Å². The summed E-state index contributed by atoms with van der Waals surface area (Å²) in [6, 6.07) is 12.6. The minimum atomic E-state index is -0.873. The summed E-state index contributed by atoms with van der Waals surface area (Å²) in [4.78, 5) is 23.9. The van der Waals surface area contributed by atoms with Gasteiger partial charge >= 0.3 is 0 Å². The van der Waals surface area contributed by atoms with Crippen LogP contribution < -0.4 is 10.1 Å². The van der Waals surface area contributed by atoms with Crippen molar-refractivity contribution in [3.8, 4) is 5.75 Å². The van der Waals surface area contributed by atoms with Gasteiger partial charge in [0.1, 0.15) is 18.5 Å². The number of para-hydroxylation sites is 1. The molecule has 1 atom stereocenters. The van der Waals surface area contributed by atoms with Crippen LogP contribution in [0.25, 0.3) is 0 Å². The molecule has 2 aromatic carbocycles. The van der Waals surface area contributed by atoms with E-state index in [0.717, 1.165) is 0 Å². The number of rotatable bonds is 9. The van der Waals surface area contributed by atoms with Crippen LogP contribution in [0.5, 0.6) is 5.75 Å². The Hall–Kier alpha value is -2.68. The number of benzene rings is 2. The first-order valence-corrected chi connectivity index (χ1v) is 8.51. The predicted molar refractivity (Wildman–Crippen MR) is 102 cm³/mol. The van der Waals surface area contributed by atoms with Gasteiger partial charge in [0.25, 0.3) is 5.69 Å². The van der Waals surface area contributed by atoms with E-state index in [-0.39, 0.29) is 31.3 Å². The lowest BCUT2D eigenvalue weighted by atomic mass is 10.3. The third kappa shape index (κ3) is 6.86. The average molecular weight is 394 g/mol. The quantitative estimate of drug-likeness (QED) is 0.501. The Morgan fingerprint density at radius 3 is 2.78 bits per heavy atom. The molecule has 0 saturated heterocycles. The van der Waals surface area contributed by atoms with Gasteiger partial charge in [-0.25, -0.2) is 0 Å². The van der Waals surface area contributed by atoms with Crippen molar-refractivity contribution in [1.82, 2.24) is 4.90 Å². The maximum atomic E-state index is 12.0. The number of aliphatic hydroxyl groups excluding tert-OH is 1. The van der Waals surface area contributed by atoms with E-state index >= 15 is 0 Å². The Kier molecular flexibility index (Phi) is 7.54. The molecule has 2 rings (SSSR count). The van der Waals surface area contributed by atoms with Gasteiger partial charge in [-0.3, -0.25) is 19.8 Å². The van der Waals surface area contributed by atoms with E-state index < -0.39 is 11.0 Å². The van der Waals surface area contributed by atoms with Crippen molar-refractivity contribution in [3.63, 3.8) is 0 Å². The van der Waals surface area contributed by atoms with Gasteiger partial charge in [-0.1, -0.05) is 29.8 Å². The molecule has 0 saturated carbocycles. The van der Waals surface area contributed by atoms with Crippen LogP contribution in [0.3, 0.4) is 0 Å². The number of anilines is 1. The van der Waals surface area contributed by atoms with Crippen LogP contribution >= 0.6 is 11.6 Å². The van der Waals surface area contributed by atoms with Gasteiger partial charge in [0.15, 0.2) is 0 Å². The van der Waals surface area contributed by atoms with Gasteiger partial charge in [0.05, 0.1) is 28.2 Å². The first-order valence-electron chi connectivity index (χ1n) is 8.13. The number of nitrogens with zero attached hydrogens (tertiary/aromatic N) is 2. The molecule has 0 aliphatic carbocycles. The van der Waals surface area contributed by atoms with Crippen molar-refractivity contribution >= 4 is 28.9 Å². The Balaban J connectivity index is 1.77. The lowest BCUT2D eigenvalue weighted by Crippen LogP contribution is -2.37. The SMILES string of the molecule is CN(CC(=O)Nc1ccccc1Cl)CC(O)COc1cccc([N+](=O)[O-])c1. The molecule has 9 heteroatoms. The molecule has 0 heterocycles. The number of carbonyl (C=O) groups excluding carboxylic acids is 1. The van der Waals surface area contributed by atoms with Gasteiger partial charge in [-0.15, -0.1) is 0 Å². The first-order chi connectivity index (χ1) is 12.8. The van der Waals surface area contributed by atoms with Gasteiger partial charge in [-0.2, -0.15) is 0 Å². The van der Waals surface area contributed by atoms with Crippen LogP contribution in [-0.2, 0) is 4.79 Å². The fourth-order valence-electron chi connectivity index (χ4n) is 2.35. The van der Waals surface area contributed by atoms with Crippen molar-refractivity contribution in [2.24, 2.45) is 0 Å². The number of hydrogen-bond acceptors (Lipinski definition) is 6. The highest BCUT2D eigenvalue weighted by atomic mass is 35.5. The second-order valence-electron chi connectivity index (χ2n) is 5.94. The number of nitro benzene ring substituents is 1. The summed E-state index contributed by atoms with van der Waals surface area (Å²) in [5.41, 5.74) is 0.433. The molecule has 0 bridgehead atoms. The molecule has 8 nitrogen and oxygen atoms in total. The number of carbonyl (C=O) groups is 1. The smallest absolute Gasteiger partial charge is 0.273 e. The van der Waals surface area contributed by atoms with E-state index in [9.17, 15) is 20.0 Å². The highest BCUT2D eigenvalue weighted by Gasteiger charge is 2.14. The summed E-state index contributed by atoms with van der Waals surface area (Å²) < 4.78 is 5.38. The van der Waals surface area contributed by atoms with Crippen molar-refractivity contribution < 1.29 is 19.6 Å². The number of nitro groups is 1. The molecule has 0 aliphatic rings. The zero-order valence-electron chi connectivity index (χ0n) is 14.7. The Bertz CT molecular complexity index is 802.